The third-order valence-corrected chi connectivity index (χ3v) is 10.5. The van der Waals surface area contributed by atoms with Crippen molar-refractivity contribution in [1.82, 2.24) is 0 Å². The summed E-state index contributed by atoms with van der Waals surface area (Å²) < 4.78 is 19.5. The molecule has 0 radical (unpaired) electrons. The Hall–Kier alpha value is -1.52. The van der Waals surface area contributed by atoms with Gasteiger partial charge in [0.25, 0.3) is 0 Å². The molecule has 0 N–H and O–H groups in total. The molecule has 206 valence electrons. The second kappa shape index (κ2) is 12.6. The molecule has 0 aliphatic rings. The van der Waals surface area contributed by atoms with Crippen molar-refractivity contribution >= 4 is 42.7 Å². The Morgan fingerprint density at radius 1 is 0.865 bits per heavy atom. The minimum Gasteiger partial charge on any atom is -0.488 e. The van der Waals surface area contributed by atoms with E-state index in [2.05, 4.69) is 106 Å². The van der Waals surface area contributed by atoms with Crippen molar-refractivity contribution in [3.63, 3.8) is 0 Å². The molecule has 0 amide bonds. The standard InChI is InChI=1S/C30H48O4SSi2/c1-12-21(15-16-31)22-17-24(35-20-22)19-32-23-13-14-25(29(8,9)33-36-27(2,3)4)26(18-23)30(10,11)34-37-28(5,6)7/h13-18,20H,12,19,36-37H2,1-11H3. The molecule has 2 aromatic rings. The van der Waals surface area contributed by atoms with E-state index < -0.39 is 30.7 Å². The van der Waals surface area contributed by atoms with Crippen LogP contribution >= 0.6 is 11.3 Å². The van der Waals surface area contributed by atoms with Gasteiger partial charge in [-0.3, -0.25) is 4.79 Å². The molecule has 37 heavy (non-hydrogen) atoms. The van der Waals surface area contributed by atoms with Crippen LogP contribution < -0.4 is 4.74 Å². The minimum atomic E-state index is -0.771. The topological polar surface area (TPSA) is 44.8 Å². The van der Waals surface area contributed by atoms with Crippen molar-refractivity contribution in [3.8, 4) is 5.75 Å². The van der Waals surface area contributed by atoms with Gasteiger partial charge in [-0.05, 0) is 96.1 Å². The second-order valence-electron chi connectivity index (χ2n) is 13.2. The molecule has 0 aliphatic heterocycles. The normalized spacial score (nSPS) is 14.3. The van der Waals surface area contributed by atoms with Gasteiger partial charge in [0.15, 0.2) is 19.5 Å². The molecule has 0 unspecified atom stereocenters. The third-order valence-electron chi connectivity index (χ3n) is 6.08. The highest BCUT2D eigenvalue weighted by atomic mass is 32.1. The van der Waals surface area contributed by atoms with E-state index in [0.29, 0.717) is 6.61 Å². The van der Waals surface area contributed by atoms with E-state index in [4.69, 9.17) is 13.6 Å². The van der Waals surface area contributed by atoms with Gasteiger partial charge in [0, 0.05) is 4.88 Å². The zero-order chi connectivity index (χ0) is 28.1. The van der Waals surface area contributed by atoms with Crippen LogP contribution in [-0.4, -0.2) is 25.8 Å². The summed E-state index contributed by atoms with van der Waals surface area (Å²) in [7, 11) is -1.52. The SMILES string of the molecule is CCC(=CC=O)c1csc(COc2ccc(C(C)(C)O[SiH2]C(C)(C)C)c(C(C)(C)O[SiH2]C(C)(C)C)c2)c1. The number of thiophene rings is 1. The average Bonchev–Trinajstić information content (AvgIpc) is 3.26. The summed E-state index contributed by atoms with van der Waals surface area (Å²) in [5.41, 5.74) is 3.56. The second-order valence-corrected chi connectivity index (χ2v) is 19.6. The van der Waals surface area contributed by atoms with Crippen LogP contribution in [-0.2, 0) is 31.5 Å². The molecule has 1 heterocycles. The quantitative estimate of drug-likeness (QED) is 0.154. The van der Waals surface area contributed by atoms with Gasteiger partial charge in [-0.15, -0.1) is 11.3 Å². The number of benzene rings is 1. The van der Waals surface area contributed by atoms with Crippen molar-refractivity contribution in [2.45, 2.75) is 110 Å². The first-order valence-electron chi connectivity index (χ1n) is 13.3. The number of allylic oxidation sites excluding steroid dienone is 2. The molecular weight excluding hydrogens is 513 g/mol. The fourth-order valence-electron chi connectivity index (χ4n) is 3.87. The van der Waals surface area contributed by atoms with Crippen LogP contribution in [0.15, 0.2) is 35.7 Å². The molecule has 0 saturated carbocycles. The van der Waals surface area contributed by atoms with Crippen LogP contribution in [0, 0.1) is 0 Å². The summed E-state index contributed by atoms with van der Waals surface area (Å²) in [5.74, 6) is 0.825. The highest BCUT2D eigenvalue weighted by Crippen LogP contribution is 2.40. The van der Waals surface area contributed by atoms with Gasteiger partial charge < -0.3 is 13.6 Å². The first kappa shape index (κ1) is 31.7. The van der Waals surface area contributed by atoms with Gasteiger partial charge in [0.05, 0.1) is 11.2 Å². The van der Waals surface area contributed by atoms with Gasteiger partial charge in [0.1, 0.15) is 18.6 Å². The number of carbonyl (C=O) groups is 1. The average molecular weight is 561 g/mol. The molecule has 0 bridgehead atoms. The Morgan fingerprint density at radius 3 is 1.95 bits per heavy atom. The Labute approximate surface area is 234 Å². The zero-order valence-electron chi connectivity index (χ0n) is 24.9. The van der Waals surface area contributed by atoms with Crippen LogP contribution in [0.3, 0.4) is 0 Å². The smallest absolute Gasteiger partial charge is 0.168 e. The molecule has 7 heteroatoms. The van der Waals surface area contributed by atoms with Gasteiger partial charge >= 0.3 is 0 Å². The molecule has 0 saturated heterocycles. The highest BCUT2D eigenvalue weighted by molar-refractivity contribution is 7.10. The number of carbonyl (C=O) groups excluding carboxylic acids is 1. The Kier molecular flexibility index (Phi) is 10.8. The lowest BCUT2D eigenvalue weighted by atomic mass is 9.85. The van der Waals surface area contributed by atoms with E-state index in [1.807, 2.05) is 0 Å². The van der Waals surface area contributed by atoms with E-state index in [9.17, 15) is 4.79 Å². The van der Waals surface area contributed by atoms with Gasteiger partial charge in [-0.25, -0.2) is 0 Å². The molecule has 0 spiro atoms. The molecule has 1 aromatic heterocycles. The summed E-state index contributed by atoms with van der Waals surface area (Å²) in [4.78, 5) is 12.1. The number of hydrogen-bond acceptors (Lipinski definition) is 5. The van der Waals surface area contributed by atoms with Crippen molar-refractivity contribution in [3.05, 3.63) is 57.3 Å². The maximum Gasteiger partial charge on any atom is 0.168 e. The summed E-state index contributed by atoms with van der Waals surface area (Å²) in [5, 5.41) is 2.51. The van der Waals surface area contributed by atoms with E-state index in [0.717, 1.165) is 45.6 Å². The van der Waals surface area contributed by atoms with E-state index in [-0.39, 0.29) is 10.1 Å². The molecular formula is C30H48O4SSi2. The summed E-state index contributed by atoms with van der Waals surface area (Å²) in [6, 6.07) is 8.48. The highest BCUT2D eigenvalue weighted by Gasteiger charge is 2.34. The molecule has 0 fully saturated rings. The largest absolute Gasteiger partial charge is 0.488 e. The van der Waals surface area contributed by atoms with Crippen LogP contribution in [0.1, 0.15) is 104 Å². The third kappa shape index (κ3) is 9.95. The Bertz CT molecular complexity index is 1070. The predicted octanol–water partition coefficient (Wildman–Crippen LogP) is 7.43. The summed E-state index contributed by atoms with van der Waals surface area (Å²) in [6.07, 6.45) is 3.33. The van der Waals surface area contributed by atoms with Crippen molar-refractivity contribution < 1.29 is 18.4 Å². The summed E-state index contributed by atoms with van der Waals surface area (Å²) >= 11 is 1.66. The van der Waals surface area contributed by atoms with Crippen LogP contribution in [0.5, 0.6) is 5.75 Å². The van der Waals surface area contributed by atoms with Crippen molar-refractivity contribution in [1.29, 1.82) is 0 Å². The van der Waals surface area contributed by atoms with Crippen molar-refractivity contribution in [2.75, 3.05) is 0 Å². The first-order chi connectivity index (χ1) is 17.0. The maximum absolute atomic E-state index is 11.0. The lowest BCUT2D eigenvalue weighted by Gasteiger charge is -2.37. The van der Waals surface area contributed by atoms with E-state index in [1.54, 1.807) is 17.4 Å². The molecule has 0 aliphatic carbocycles. The van der Waals surface area contributed by atoms with Crippen molar-refractivity contribution in [2.24, 2.45) is 0 Å². The molecule has 4 nitrogen and oxygen atoms in total. The van der Waals surface area contributed by atoms with Crippen LogP contribution in [0.4, 0.5) is 0 Å². The number of rotatable bonds is 12. The molecule has 0 atom stereocenters. The first-order valence-corrected chi connectivity index (χ1v) is 16.7. The Morgan fingerprint density at radius 2 is 1.43 bits per heavy atom. The molecule has 1 aromatic carbocycles. The maximum atomic E-state index is 11.0. The van der Waals surface area contributed by atoms with Crippen LogP contribution in [0.25, 0.3) is 5.57 Å². The summed E-state index contributed by atoms with van der Waals surface area (Å²) in [6.45, 7) is 24.7. The van der Waals surface area contributed by atoms with Crippen LogP contribution in [0.2, 0.25) is 10.1 Å². The number of aldehydes is 1. The van der Waals surface area contributed by atoms with Gasteiger partial charge in [-0.2, -0.15) is 0 Å². The number of hydrogen-bond donors (Lipinski definition) is 0. The monoisotopic (exact) mass is 560 g/mol. The fourth-order valence-corrected chi connectivity index (χ4v) is 6.58. The van der Waals surface area contributed by atoms with Gasteiger partial charge in [0.2, 0.25) is 0 Å². The van der Waals surface area contributed by atoms with E-state index >= 15 is 0 Å². The Balaban J connectivity index is 2.36. The lowest BCUT2D eigenvalue weighted by Crippen LogP contribution is -2.34. The lowest BCUT2D eigenvalue weighted by molar-refractivity contribution is -0.104. The zero-order valence-corrected chi connectivity index (χ0v) is 28.6. The number of ether oxygens (including phenoxy) is 1. The van der Waals surface area contributed by atoms with Gasteiger partial charge in [-0.1, -0.05) is 54.5 Å². The predicted molar refractivity (Wildman–Crippen MR) is 164 cm³/mol. The van der Waals surface area contributed by atoms with E-state index in [1.165, 1.54) is 0 Å². The fraction of sp³-hybridized carbons (Fsp3) is 0.567. The minimum absolute atomic E-state index is 0.198. The molecule has 2 rings (SSSR count).